The van der Waals surface area contributed by atoms with E-state index in [2.05, 4.69) is 15.4 Å². The van der Waals surface area contributed by atoms with Gasteiger partial charge in [0.05, 0.1) is 17.1 Å². The maximum absolute atomic E-state index is 12.5. The number of nitrogens with one attached hydrogen (secondary N) is 2. The van der Waals surface area contributed by atoms with Gasteiger partial charge in [-0.1, -0.05) is 12.1 Å². The molecule has 0 aliphatic carbocycles. The first kappa shape index (κ1) is 22.6. The number of sulfonamides is 1. The summed E-state index contributed by atoms with van der Waals surface area (Å²) in [5, 5.41) is 5.40. The second-order valence-electron chi connectivity index (χ2n) is 6.48. The van der Waals surface area contributed by atoms with Gasteiger partial charge in [0.25, 0.3) is 0 Å². The number of halogens is 2. The lowest BCUT2D eigenvalue weighted by atomic mass is 10.1. The van der Waals surface area contributed by atoms with Crippen LogP contribution in [-0.2, 0) is 14.8 Å². The predicted octanol–water partition coefficient (Wildman–Crippen LogP) is 3.21. The van der Waals surface area contributed by atoms with Crippen molar-refractivity contribution in [2.45, 2.75) is 25.4 Å². The molecule has 0 spiro atoms. The van der Waals surface area contributed by atoms with E-state index in [1.807, 2.05) is 0 Å². The zero-order valence-electron chi connectivity index (χ0n) is 16.5. The molecule has 2 rings (SSSR count). The largest absolute Gasteiger partial charge is 0.433 e. The highest BCUT2D eigenvalue weighted by molar-refractivity contribution is 7.89. The van der Waals surface area contributed by atoms with Crippen LogP contribution in [0.3, 0.4) is 0 Å². The number of carbonyl (C=O) groups excluding carboxylic acids is 1. The molecule has 0 bridgehead atoms. The first-order valence-electron chi connectivity index (χ1n) is 8.63. The number of carbonyl (C=O) groups is 1. The predicted molar refractivity (Wildman–Crippen MR) is 107 cm³/mol. The Labute approximate surface area is 168 Å². The minimum absolute atomic E-state index is 0.101. The van der Waals surface area contributed by atoms with E-state index >= 15 is 0 Å². The molecule has 0 radical (unpaired) electrons. The molecule has 0 aromatic heterocycles. The van der Waals surface area contributed by atoms with Crippen LogP contribution in [-0.4, -0.2) is 45.9 Å². The summed E-state index contributed by atoms with van der Waals surface area (Å²) in [6, 6.07) is 8.86. The first-order chi connectivity index (χ1) is 13.5. The average molecular weight is 427 g/mol. The van der Waals surface area contributed by atoms with Crippen LogP contribution in [0.25, 0.3) is 0 Å². The first-order valence-corrected chi connectivity index (χ1v) is 10.1. The van der Waals surface area contributed by atoms with Crippen molar-refractivity contribution in [3.05, 3.63) is 47.5 Å². The van der Waals surface area contributed by atoms with Crippen LogP contribution in [0, 0.1) is 13.8 Å². The van der Waals surface area contributed by atoms with Crippen molar-refractivity contribution in [1.82, 2.24) is 4.31 Å². The second-order valence-corrected chi connectivity index (χ2v) is 8.63. The molecule has 2 aromatic rings. The highest BCUT2D eigenvalue weighted by atomic mass is 32.2. The van der Waals surface area contributed by atoms with Gasteiger partial charge in [-0.25, -0.2) is 12.7 Å². The Morgan fingerprint density at radius 1 is 1.14 bits per heavy atom. The lowest BCUT2D eigenvalue weighted by Gasteiger charge is -2.17. The van der Waals surface area contributed by atoms with Gasteiger partial charge in [-0.2, -0.15) is 8.78 Å². The Hall–Kier alpha value is -2.72. The van der Waals surface area contributed by atoms with Crippen molar-refractivity contribution in [3.8, 4) is 5.75 Å². The molecule has 0 aliphatic heterocycles. The molecule has 2 aromatic carbocycles. The van der Waals surface area contributed by atoms with Crippen molar-refractivity contribution < 1.29 is 26.7 Å². The number of hydrogen-bond donors (Lipinski definition) is 2. The number of hydrogen-bond acceptors (Lipinski definition) is 5. The van der Waals surface area contributed by atoms with E-state index in [0.29, 0.717) is 5.69 Å². The van der Waals surface area contributed by atoms with Gasteiger partial charge in [-0.05, 0) is 49.2 Å². The van der Waals surface area contributed by atoms with Gasteiger partial charge in [0, 0.05) is 19.8 Å². The summed E-state index contributed by atoms with van der Waals surface area (Å²) in [6.07, 6.45) is 0. The molecule has 29 heavy (non-hydrogen) atoms. The van der Waals surface area contributed by atoms with Gasteiger partial charge in [0.1, 0.15) is 5.75 Å². The number of anilines is 2. The van der Waals surface area contributed by atoms with Gasteiger partial charge in [-0.15, -0.1) is 0 Å². The van der Waals surface area contributed by atoms with Crippen LogP contribution in [0.5, 0.6) is 5.75 Å². The zero-order valence-corrected chi connectivity index (χ0v) is 17.3. The third-order valence-corrected chi connectivity index (χ3v) is 6.03. The van der Waals surface area contributed by atoms with Crippen molar-refractivity contribution in [2.24, 2.45) is 0 Å². The molecular formula is C19H23F2N3O4S. The fourth-order valence-corrected chi connectivity index (χ4v) is 3.52. The molecule has 0 atom stereocenters. The molecule has 0 unspecified atom stereocenters. The molecule has 10 heteroatoms. The lowest BCUT2D eigenvalue weighted by Crippen LogP contribution is -2.24. The maximum atomic E-state index is 12.5. The van der Waals surface area contributed by atoms with E-state index in [9.17, 15) is 22.0 Å². The normalized spacial score (nSPS) is 11.6. The quantitative estimate of drug-likeness (QED) is 0.676. The summed E-state index contributed by atoms with van der Waals surface area (Å²) in [7, 11) is -0.769. The Bertz CT molecular complexity index is 995. The summed E-state index contributed by atoms with van der Waals surface area (Å²) in [5.41, 5.74) is 2.12. The van der Waals surface area contributed by atoms with Crippen LogP contribution in [0.1, 0.15) is 11.1 Å². The standard InChI is InChI=1S/C19H23F2N3O4S/c1-12-9-14(29(26,27)24(3)4)10-16(13(12)2)22-11-18(25)23-15-7-5-6-8-17(15)28-19(20)21/h5-10,19,22H,11H2,1-4H3,(H,23,25). The van der Waals surface area contributed by atoms with Crippen LogP contribution >= 0.6 is 0 Å². The minimum Gasteiger partial charge on any atom is -0.433 e. The molecule has 0 saturated heterocycles. The molecule has 0 fully saturated rings. The third kappa shape index (κ3) is 5.64. The van der Waals surface area contributed by atoms with Crippen molar-refractivity contribution in [2.75, 3.05) is 31.3 Å². The van der Waals surface area contributed by atoms with Gasteiger partial charge in [0.2, 0.25) is 15.9 Å². The fraction of sp³-hybridized carbons (Fsp3) is 0.316. The molecule has 0 aliphatic rings. The lowest BCUT2D eigenvalue weighted by molar-refractivity contribution is -0.114. The summed E-state index contributed by atoms with van der Waals surface area (Å²) in [5.74, 6) is -0.657. The number of amides is 1. The second kappa shape index (κ2) is 9.19. The Morgan fingerprint density at radius 3 is 2.41 bits per heavy atom. The zero-order chi connectivity index (χ0) is 21.8. The van der Waals surface area contributed by atoms with Crippen molar-refractivity contribution in [3.63, 3.8) is 0 Å². The smallest absolute Gasteiger partial charge is 0.387 e. The molecule has 0 saturated carbocycles. The van der Waals surface area contributed by atoms with E-state index in [4.69, 9.17) is 0 Å². The fourth-order valence-electron chi connectivity index (χ4n) is 2.51. The topological polar surface area (TPSA) is 87.7 Å². The van der Waals surface area contributed by atoms with Gasteiger partial charge >= 0.3 is 6.61 Å². The molecule has 1 amide bonds. The summed E-state index contributed by atoms with van der Waals surface area (Å²) in [6.45, 7) is 0.355. The van der Waals surface area contributed by atoms with Gasteiger partial charge in [0.15, 0.2) is 0 Å². The molecule has 2 N–H and O–H groups in total. The summed E-state index contributed by atoms with van der Waals surface area (Å²) < 4.78 is 55.2. The summed E-state index contributed by atoms with van der Waals surface area (Å²) >= 11 is 0. The Kier molecular flexibility index (Phi) is 7.15. The van der Waals surface area contributed by atoms with Crippen LogP contribution in [0.4, 0.5) is 20.2 Å². The molecular weight excluding hydrogens is 404 g/mol. The maximum Gasteiger partial charge on any atom is 0.387 e. The van der Waals surface area contributed by atoms with E-state index in [0.717, 1.165) is 15.4 Å². The summed E-state index contributed by atoms with van der Waals surface area (Å²) in [4.78, 5) is 12.4. The van der Waals surface area contributed by atoms with Crippen LogP contribution < -0.4 is 15.4 Å². The molecule has 158 valence electrons. The monoisotopic (exact) mass is 427 g/mol. The van der Waals surface area contributed by atoms with Crippen LogP contribution in [0.15, 0.2) is 41.3 Å². The number of nitrogens with zero attached hydrogens (tertiary/aromatic N) is 1. The van der Waals surface area contributed by atoms with Gasteiger partial charge < -0.3 is 15.4 Å². The number of para-hydroxylation sites is 2. The van der Waals surface area contributed by atoms with Crippen molar-refractivity contribution >= 4 is 27.3 Å². The van der Waals surface area contributed by atoms with E-state index < -0.39 is 22.5 Å². The Morgan fingerprint density at radius 2 is 1.79 bits per heavy atom. The van der Waals surface area contributed by atoms with E-state index in [1.165, 1.54) is 38.4 Å². The third-order valence-electron chi connectivity index (χ3n) is 4.24. The highest BCUT2D eigenvalue weighted by Gasteiger charge is 2.20. The number of benzene rings is 2. The van der Waals surface area contributed by atoms with Crippen molar-refractivity contribution in [1.29, 1.82) is 0 Å². The molecule has 7 nitrogen and oxygen atoms in total. The number of rotatable bonds is 8. The van der Waals surface area contributed by atoms with E-state index in [1.54, 1.807) is 26.0 Å². The van der Waals surface area contributed by atoms with Gasteiger partial charge in [-0.3, -0.25) is 4.79 Å². The average Bonchev–Trinajstić information content (AvgIpc) is 2.63. The van der Waals surface area contributed by atoms with E-state index in [-0.39, 0.29) is 22.9 Å². The molecule has 0 heterocycles. The number of alkyl halides is 2. The van der Waals surface area contributed by atoms with Crippen LogP contribution in [0.2, 0.25) is 0 Å². The number of ether oxygens (including phenoxy) is 1. The minimum atomic E-state index is -3.64. The SMILES string of the molecule is Cc1cc(S(=O)(=O)N(C)C)cc(NCC(=O)Nc2ccccc2OC(F)F)c1C. The number of aryl methyl sites for hydroxylation is 1. The highest BCUT2D eigenvalue weighted by Crippen LogP contribution is 2.27. The Balaban J connectivity index is 2.16.